The summed E-state index contributed by atoms with van der Waals surface area (Å²) in [4.78, 5) is 31.5. The number of amides is 2. The predicted molar refractivity (Wildman–Crippen MR) is 204 cm³/mol. The molecule has 2 amide bonds. The van der Waals surface area contributed by atoms with Gasteiger partial charge in [-0.05, 0) is 51.7 Å². The summed E-state index contributed by atoms with van der Waals surface area (Å²) < 4.78 is 53.3. The summed E-state index contributed by atoms with van der Waals surface area (Å²) in [5.74, 6) is 2.96. The van der Waals surface area contributed by atoms with Crippen LogP contribution in [-0.2, 0) is 16.0 Å². The van der Waals surface area contributed by atoms with Crippen molar-refractivity contribution in [3.05, 3.63) is 89.2 Å². The van der Waals surface area contributed by atoms with Crippen LogP contribution in [0.2, 0.25) is 0 Å². The van der Waals surface area contributed by atoms with Crippen LogP contribution in [0.25, 0.3) is 10.9 Å². The van der Waals surface area contributed by atoms with Crippen LogP contribution in [0.4, 0.5) is 13.2 Å². The lowest BCUT2D eigenvalue weighted by molar-refractivity contribution is -0.117. The van der Waals surface area contributed by atoms with Crippen molar-refractivity contribution in [1.82, 2.24) is 25.4 Å². The van der Waals surface area contributed by atoms with Gasteiger partial charge in [-0.15, -0.1) is 24.7 Å². The van der Waals surface area contributed by atoms with E-state index in [9.17, 15) is 9.59 Å². The molecule has 0 radical (unpaired) electrons. The topological polar surface area (TPSA) is 89.7 Å². The molecule has 3 N–H and O–H groups in total. The molecule has 2 aromatic carbocycles. The first-order chi connectivity index (χ1) is 25.4. The molecule has 3 aromatic rings. The smallest absolute Gasteiger partial charge is 0.243 e. The zero-order chi connectivity index (χ0) is 38.4. The monoisotopic (exact) mass is 729 g/mol. The third-order valence-electron chi connectivity index (χ3n) is 8.94. The standard InChI is InChI=1S/C42H50F3N5O3/c1-6-8-12-20-46-37(51)18-14-22-49(23-15-19-38(52)47-21-13-9-7-2)24-25-53-31-27-34(43)39(35(44)28-31)41-40-33(32-16-10-11-17-36(32)48-40)26-30(3)50(41)29-42(4,5)45/h1-2,10-11,14-19,27-28,30,41,48H,8-9,12-13,20-26,29H2,3-5H3,(H,46,51)(H,47,52)/b18-14+,19-15+/t30-,41-/m1/s1. The maximum absolute atomic E-state index is 16.1. The minimum Gasteiger partial charge on any atom is -0.492 e. The third kappa shape index (κ3) is 12.0. The van der Waals surface area contributed by atoms with E-state index in [1.165, 1.54) is 26.0 Å². The molecule has 0 bridgehead atoms. The van der Waals surface area contributed by atoms with Crippen LogP contribution >= 0.6 is 0 Å². The SMILES string of the molecule is C#CCCCNC(=O)/C=C/CN(C/C=C/C(=O)NCCCC#C)CCOc1cc(F)c([C@@H]2c3[nH]c4ccccc4c3C[C@@H](C)N2CC(C)(C)F)c(F)c1. The Hall–Kier alpha value is -4.97. The van der Waals surface area contributed by atoms with Gasteiger partial charge in [0, 0.05) is 105 Å². The molecule has 0 saturated carbocycles. The predicted octanol–water partition coefficient (Wildman–Crippen LogP) is 6.38. The van der Waals surface area contributed by atoms with Gasteiger partial charge in [-0.1, -0.05) is 30.4 Å². The van der Waals surface area contributed by atoms with Gasteiger partial charge in [0.1, 0.15) is 29.7 Å². The number of carbonyl (C=O) groups excluding carboxylic acids is 2. The molecule has 53 heavy (non-hydrogen) atoms. The number of aromatic amines is 1. The van der Waals surface area contributed by atoms with E-state index < -0.39 is 23.3 Å². The summed E-state index contributed by atoms with van der Waals surface area (Å²) in [6, 6.07) is 8.98. The number of hydrogen-bond donors (Lipinski definition) is 3. The highest BCUT2D eigenvalue weighted by Gasteiger charge is 2.41. The molecular formula is C42H50F3N5O3. The maximum Gasteiger partial charge on any atom is 0.243 e. The molecule has 1 aliphatic rings. The van der Waals surface area contributed by atoms with E-state index in [1.54, 1.807) is 12.2 Å². The Morgan fingerprint density at radius 2 is 1.60 bits per heavy atom. The molecule has 11 heteroatoms. The molecule has 4 rings (SSSR count). The first kappa shape index (κ1) is 40.8. The number of rotatable bonds is 19. The van der Waals surface area contributed by atoms with Gasteiger partial charge in [-0.3, -0.25) is 19.4 Å². The van der Waals surface area contributed by atoms with Crippen molar-refractivity contribution in [1.29, 1.82) is 0 Å². The van der Waals surface area contributed by atoms with Crippen molar-refractivity contribution in [2.75, 3.05) is 45.9 Å². The van der Waals surface area contributed by atoms with Crippen molar-refractivity contribution in [3.63, 3.8) is 0 Å². The zero-order valence-electron chi connectivity index (χ0n) is 30.8. The summed E-state index contributed by atoms with van der Waals surface area (Å²) in [7, 11) is 0. The number of benzene rings is 2. The fourth-order valence-corrected chi connectivity index (χ4v) is 6.49. The molecule has 0 saturated heterocycles. The second kappa shape index (κ2) is 19.8. The highest BCUT2D eigenvalue weighted by atomic mass is 19.1. The normalized spacial score (nSPS) is 16.2. The third-order valence-corrected chi connectivity index (χ3v) is 8.94. The number of hydrogen-bond acceptors (Lipinski definition) is 5. The van der Waals surface area contributed by atoms with Gasteiger partial charge < -0.3 is 20.4 Å². The van der Waals surface area contributed by atoms with Crippen molar-refractivity contribution >= 4 is 22.7 Å². The van der Waals surface area contributed by atoms with Crippen LogP contribution in [0.1, 0.15) is 69.3 Å². The highest BCUT2D eigenvalue weighted by Crippen LogP contribution is 2.43. The number of terminal acetylenes is 2. The van der Waals surface area contributed by atoms with Crippen molar-refractivity contribution < 1.29 is 27.5 Å². The van der Waals surface area contributed by atoms with Crippen LogP contribution < -0.4 is 15.4 Å². The molecule has 0 aliphatic carbocycles. The molecule has 8 nitrogen and oxygen atoms in total. The van der Waals surface area contributed by atoms with E-state index in [1.807, 2.05) is 41.0 Å². The van der Waals surface area contributed by atoms with Crippen molar-refractivity contribution in [2.24, 2.45) is 0 Å². The first-order valence-corrected chi connectivity index (χ1v) is 18.1. The number of H-pyrrole nitrogens is 1. The quantitative estimate of drug-likeness (QED) is 0.0758. The molecule has 1 aromatic heterocycles. The molecule has 282 valence electrons. The Morgan fingerprint density at radius 1 is 1.02 bits per heavy atom. The van der Waals surface area contributed by atoms with Crippen molar-refractivity contribution in [3.8, 4) is 30.4 Å². The number of carbonyl (C=O) groups is 2. The average Bonchev–Trinajstić information content (AvgIpc) is 3.46. The Labute approximate surface area is 311 Å². The van der Waals surface area contributed by atoms with Gasteiger partial charge in [0.05, 0.1) is 6.04 Å². The first-order valence-electron chi connectivity index (χ1n) is 18.1. The van der Waals surface area contributed by atoms with Crippen molar-refractivity contribution in [2.45, 2.75) is 70.6 Å². The summed E-state index contributed by atoms with van der Waals surface area (Å²) in [6.45, 7) is 6.83. The summed E-state index contributed by atoms with van der Waals surface area (Å²) in [6.07, 6.45) is 19.8. The lowest BCUT2D eigenvalue weighted by atomic mass is 9.87. The number of aromatic nitrogens is 1. The number of para-hydroxylation sites is 1. The lowest BCUT2D eigenvalue weighted by Gasteiger charge is -2.43. The molecule has 0 fully saturated rings. The maximum atomic E-state index is 16.1. The number of ether oxygens (including phenoxy) is 1. The van der Waals surface area contributed by atoms with E-state index in [0.717, 1.165) is 28.6 Å². The van der Waals surface area contributed by atoms with E-state index >= 15 is 13.2 Å². The van der Waals surface area contributed by atoms with E-state index in [0.29, 0.717) is 70.5 Å². The minimum absolute atomic E-state index is 0.00516. The fraction of sp³-hybridized carbons (Fsp3) is 0.429. The Bertz CT molecular complexity index is 1780. The van der Waals surface area contributed by atoms with Crippen LogP contribution in [0.15, 0.2) is 60.7 Å². The Kier molecular flexibility index (Phi) is 15.2. The lowest BCUT2D eigenvalue weighted by Crippen LogP contribution is -2.48. The van der Waals surface area contributed by atoms with Gasteiger partial charge in [0.15, 0.2) is 0 Å². The van der Waals surface area contributed by atoms with Crippen LogP contribution in [0.5, 0.6) is 5.75 Å². The van der Waals surface area contributed by atoms with Crippen LogP contribution in [0, 0.1) is 36.3 Å². The van der Waals surface area contributed by atoms with E-state index in [2.05, 4.69) is 27.5 Å². The van der Waals surface area contributed by atoms with Gasteiger partial charge in [-0.25, -0.2) is 13.2 Å². The second-order valence-corrected chi connectivity index (χ2v) is 13.8. The minimum atomic E-state index is -1.61. The van der Waals surface area contributed by atoms with Gasteiger partial charge >= 0.3 is 0 Å². The second-order valence-electron chi connectivity index (χ2n) is 13.8. The summed E-state index contributed by atoms with van der Waals surface area (Å²) in [5.41, 5.74) is 0.691. The Morgan fingerprint density at radius 3 is 2.17 bits per heavy atom. The number of nitrogens with zero attached hydrogens (tertiary/aromatic N) is 2. The molecule has 0 unspecified atom stereocenters. The van der Waals surface area contributed by atoms with E-state index in [4.69, 9.17) is 17.6 Å². The molecule has 1 aliphatic heterocycles. The van der Waals surface area contributed by atoms with Gasteiger partial charge in [0.2, 0.25) is 11.8 Å². The molecular weight excluding hydrogens is 679 g/mol. The number of unbranched alkanes of at least 4 members (excludes halogenated alkanes) is 2. The number of alkyl halides is 1. The average molecular weight is 730 g/mol. The Balaban J connectivity index is 1.49. The number of nitrogens with one attached hydrogen (secondary N) is 3. The highest BCUT2D eigenvalue weighted by molar-refractivity contribution is 5.88. The summed E-state index contributed by atoms with van der Waals surface area (Å²) >= 11 is 0. The largest absolute Gasteiger partial charge is 0.492 e. The number of fused-ring (bicyclic) bond motifs is 3. The zero-order valence-corrected chi connectivity index (χ0v) is 30.8. The molecule has 0 spiro atoms. The van der Waals surface area contributed by atoms with Gasteiger partial charge in [-0.2, -0.15) is 0 Å². The molecule has 2 atom stereocenters. The van der Waals surface area contributed by atoms with Gasteiger partial charge in [0.25, 0.3) is 0 Å². The summed E-state index contributed by atoms with van der Waals surface area (Å²) in [5, 5.41) is 6.52. The number of halogens is 3. The fourth-order valence-electron chi connectivity index (χ4n) is 6.49. The van der Waals surface area contributed by atoms with Crippen LogP contribution in [0.3, 0.4) is 0 Å². The molecule has 2 heterocycles. The van der Waals surface area contributed by atoms with Crippen LogP contribution in [-0.4, -0.2) is 84.2 Å². The van der Waals surface area contributed by atoms with E-state index in [-0.39, 0.29) is 42.3 Å².